The van der Waals surface area contributed by atoms with Crippen LogP contribution in [-0.4, -0.2) is 72.8 Å². The van der Waals surface area contributed by atoms with Gasteiger partial charge in [0, 0.05) is 19.6 Å². The van der Waals surface area contributed by atoms with E-state index in [1.165, 1.54) is 4.90 Å². The second-order valence-electron chi connectivity index (χ2n) is 5.58. The molecule has 3 atom stereocenters. The summed E-state index contributed by atoms with van der Waals surface area (Å²) in [5.41, 5.74) is 2.32. The summed E-state index contributed by atoms with van der Waals surface area (Å²) in [4.78, 5) is 30.8. The zero-order valence-electron chi connectivity index (χ0n) is 12.1. The van der Waals surface area contributed by atoms with E-state index < -0.39 is 34.4 Å². The van der Waals surface area contributed by atoms with Crippen molar-refractivity contribution >= 4 is 22.3 Å². The second-order valence-corrected chi connectivity index (χ2v) is 6.58. The number of hydrogen-bond acceptors (Lipinski definition) is 7. The van der Waals surface area contributed by atoms with Crippen LogP contribution in [0.25, 0.3) is 0 Å². The second kappa shape index (κ2) is 6.20. The van der Waals surface area contributed by atoms with Gasteiger partial charge >= 0.3 is 16.4 Å². The Morgan fingerprint density at radius 2 is 2.13 bits per heavy atom. The van der Waals surface area contributed by atoms with Crippen LogP contribution >= 0.6 is 0 Å². The summed E-state index contributed by atoms with van der Waals surface area (Å²) in [7, 11) is -4.80. The Labute approximate surface area is 132 Å². The van der Waals surface area contributed by atoms with Crippen molar-refractivity contribution < 1.29 is 36.4 Å². The number of nitrogens with one attached hydrogen (secondary N) is 1. The van der Waals surface area contributed by atoms with Crippen LogP contribution in [0, 0.1) is 0 Å². The molecule has 3 heterocycles. The van der Waals surface area contributed by atoms with Crippen LogP contribution in [0.4, 0.5) is 4.79 Å². The van der Waals surface area contributed by atoms with Gasteiger partial charge in [-0.3, -0.25) is 14.2 Å². The van der Waals surface area contributed by atoms with Crippen LogP contribution in [0.5, 0.6) is 0 Å². The summed E-state index contributed by atoms with van der Waals surface area (Å²) in [6.07, 6.45) is 1.15. The molecule has 3 amide bonds. The smallest absolute Gasteiger partial charge is 0.379 e. The lowest BCUT2D eigenvalue weighted by Crippen LogP contribution is -2.50. The lowest BCUT2D eigenvalue weighted by atomic mass is 10.0. The van der Waals surface area contributed by atoms with Gasteiger partial charge in [0.25, 0.3) is 5.91 Å². The fourth-order valence-corrected chi connectivity index (χ4v) is 3.31. The number of rotatable bonds is 5. The van der Waals surface area contributed by atoms with Crippen LogP contribution in [0.15, 0.2) is 0 Å². The third-order valence-electron chi connectivity index (χ3n) is 4.01. The van der Waals surface area contributed by atoms with Crippen molar-refractivity contribution in [3.8, 4) is 0 Å². The molecule has 11 nitrogen and oxygen atoms in total. The van der Waals surface area contributed by atoms with Crippen molar-refractivity contribution in [1.29, 1.82) is 0 Å². The number of ether oxygens (including phenoxy) is 1. The zero-order chi connectivity index (χ0) is 16.6. The first-order valence-corrected chi connectivity index (χ1v) is 8.52. The first kappa shape index (κ1) is 16.4. The minimum Gasteiger partial charge on any atom is -0.379 e. The number of amides is 3. The van der Waals surface area contributed by atoms with Crippen LogP contribution < -0.4 is 5.48 Å². The molecular weight excluding hydrogens is 334 g/mol. The monoisotopic (exact) mass is 351 g/mol. The van der Waals surface area contributed by atoms with Gasteiger partial charge in [0.05, 0.1) is 12.6 Å². The van der Waals surface area contributed by atoms with Crippen molar-refractivity contribution in [3.05, 3.63) is 0 Å². The number of nitrogens with zero attached hydrogens (tertiary/aromatic N) is 2. The number of urea groups is 1. The quantitative estimate of drug-likeness (QED) is 0.467. The molecule has 3 aliphatic rings. The van der Waals surface area contributed by atoms with Crippen LogP contribution in [0.3, 0.4) is 0 Å². The molecule has 3 aliphatic heterocycles. The maximum absolute atomic E-state index is 12.2. The molecule has 0 aromatic rings. The van der Waals surface area contributed by atoms with Gasteiger partial charge in [0.2, 0.25) is 0 Å². The Morgan fingerprint density at radius 1 is 1.35 bits per heavy atom. The molecule has 0 aromatic heterocycles. The highest BCUT2D eigenvalue weighted by atomic mass is 32.3. The summed E-state index contributed by atoms with van der Waals surface area (Å²) in [5.74, 6) is -0.489. The molecular formula is C11H17N3O8S. The molecule has 1 unspecified atom stereocenters. The van der Waals surface area contributed by atoms with Gasteiger partial charge in [-0.1, -0.05) is 0 Å². The Kier molecular flexibility index (Phi) is 4.42. The van der Waals surface area contributed by atoms with Gasteiger partial charge in [-0.15, -0.1) is 4.28 Å². The van der Waals surface area contributed by atoms with E-state index >= 15 is 0 Å². The molecule has 2 bridgehead atoms. The first-order chi connectivity index (χ1) is 10.8. The number of carbonyl (C=O) groups is 2. The fraction of sp³-hybridized carbons (Fsp3) is 0.818. The maximum Gasteiger partial charge on any atom is 0.418 e. The zero-order valence-corrected chi connectivity index (χ0v) is 12.9. The van der Waals surface area contributed by atoms with Crippen molar-refractivity contribution in [3.63, 3.8) is 0 Å². The van der Waals surface area contributed by atoms with E-state index in [0.29, 0.717) is 37.5 Å². The summed E-state index contributed by atoms with van der Waals surface area (Å²) >= 11 is 0. The first-order valence-electron chi connectivity index (χ1n) is 7.15. The molecule has 23 heavy (non-hydrogen) atoms. The van der Waals surface area contributed by atoms with Gasteiger partial charge < -0.3 is 9.64 Å². The molecule has 3 saturated heterocycles. The average molecular weight is 351 g/mol. The van der Waals surface area contributed by atoms with Crippen molar-refractivity contribution in [1.82, 2.24) is 15.4 Å². The summed E-state index contributed by atoms with van der Waals surface area (Å²) < 4.78 is 39.7. The highest BCUT2D eigenvalue weighted by Crippen LogP contribution is 2.30. The number of piperidine rings is 1. The van der Waals surface area contributed by atoms with E-state index in [2.05, 4.69) is 9.76 Å². The van der Waals surface area contributed by atoms with Gasteiger partial charge in [-0.05, 0) is 12.8 Å². The van der Waals surface area contributed by atoms with E-state index in [0.717, 1.165) is 0 Å². The Hall–Kier alpha value is -1.47. The molecule has 3 rings (SSSR count). The van der Waals surface area contributed by atoms with E-state index in [9.17, 15) is 18.0 Å². The topological polar surface area (TPSA) is 135 Å². The summed E-state index contributed by atoms with van der Waals surface area (Å²) in [6, 6.07) is -2.09. The van der Waals surface area contributed by atoms with Crippen LogP contribution in [0.2, 0.25) is 0 Å². The van der Waals surface area contributed by atoms with Crippen molar-refractivity contribution in [2.24, 2.45) is 0 Å². The molecule has 0 aliphatic carbocycles. The summed E-state index contributed by atoms with van der Waals surface area (Å²) in [5, 5.41) is 0.592. The Morgan fingerprint density at radius 3 is 2.78 bits per heavy atom. The highest BCUT2D eigenvalue weighted by molar-refractivity contribution is 7.80. The highest BCUT2D eigenvalue weighted by Gasteiger charge is 2.49. The largest absolute Gasteiger partial charge is 0.418 e. The molecule has 0 aromatic carbocycles. The summed E-state index contributed by atoms with van der Waals surface area (Å²) in [6.45, 7) is 1.10. The lowest BCUT2D eigenvalue weighted by molar-refractivity contribution is -0.143. The minimum atomic E-state index is -4.80. The minimum absolute atomic E-state index is 0.138. The molecule has 0 radical (unpaired) electrons. The fourth-order valence-electron chi connectivity index (χ4n) is 2.92. The van der Waals surface area contributed by atoms with Crippen LogP contribution in [-0.2, 0) is 29.1 Å². The maximum atomic E-state index is 12.2. The van der Waals surface area contributed by atoms with E-state index in [1.807, 2.05) is 0 Å². The van der Waals surface area contributed by atoms with E-state index in [1.54, 1.807) is 0 Å². The predicted octanol–water partition coefficient (Wildman–Crippen LogP) is -1.17. The van der Waals surface area contributed by atoms with Crippen LogP contribution in [0.1, 0.15) is 19.3 Å². The SMILES string of the molecule is O=C(NOC1CCOC1)[C@H]1CC[C@H]2CN1C(=O)N2OS(=O)(=O)O. The predicted molar refractivity (Wildman–Crippen MR) is 71.8 cm³/mol. The Balaban J connectivity index is 1.60. The number of fused-ring (bicyclic) bond motifs is 2. The van der Waals surface area contributed by atoms with Crippen molar-refractivity contribution in [2.45, 2.75) is 37.5 Å². The number of carbonyl (C=O) groups excluding carboxylic acids is 2. The number of hydroxylamine groups is 3. The average Bonchev–Trinajstić information content (AvgIpc) is 3.08. The number of hydrogen-bond donors (Lipinski definition) is 2. The normalized spacial score (nSPS) is 30.8. The molecule has 3 fully saturated rings. The van der Waals surface area contributed by atoms with E-state index in [-0.39, 0.29) is 12.6 Å². The Bertz CT molecular complexity index is 590. The third kappa shape index (κ3) is 3.55. The molecule has 12 heteroatoms. The molecule has 2 N–H and O–H groups in total. The van der Waals surface area contributed by atoms with E-state index in [4.69, 9.17) is 14.1 Å². The standard InChI is InChI=1S/C11H17N3O8S/c15-10(12-21-8-3-4-20-6-8)9-2-1-7-5-13(9)11(16)14(7)22-23(17,18)19/h7-9H,1-6H2,(H,12,15)(H,17,18,19)/t7-,8?,9+/m0/s1. The van der Waals surface area contributed by atoms with Gasteiger partial charge in [-0.2, -0.15) is 13.5 Å². The molecule has 0 saturated carbocycles. The molecule has 0 spiro atoms. The van der Waals surface area contributed by atoms with Crippen molar-refractivity contribution in [2.75, 3.05) is 19.8 Å². The molecule has 130 valence electrons. The van der Waals surface area contributed by atoms with Gasteiger partial charge in [-0.25, -0.2) is 10.3 Å². The van der Waals surface area contributed by atoms with Gasteiger partial charge in [0.15, 0.2) is 0 Å². The lowest BCUT2D eigenvalue weighted by Gasteiger charge is -2.29. The van der Waals surface area contributed by atoms with Gasteiger partial charge in [0.1, 0.15) is 12.1 Å². The third-order valence-corrected chi connectivity index (χ3v) is 4.36.